The van der Waals surface area contributed by atoms with Gasteiger partial charge in [0.15, 0.2) is 5.96 Å². The molecule has 0 radical (unpaired) electrons. The summed E-state index contributed by atoms with van der Waals surface area (Å²) in [7, 11) is 1.72. The number of rotatable bonds is 5. The SMILES string of the molecule is CN=C(NCCNC(=O)OC(C)(C)C)NCc1ccc(C)s1. The highest BCUT2D eigenvalue weighted by Crippen LogP contribution is 2.14. The Morgan fingerprint density at radius 1 is 1.23 bits per heavy atom. The average Bonchev–Trinajstić information content (AvgIpc) is 2.81. The molecule has 0 bridgehead atoms. The minimum absolute atomic E-state index is 0.411. The standard InChI is InChI=1S/C15H26N4O2S/c1-11-6-7-12(22-11)10-19-13(16-5)17-8-9-18-14(20)21-15(2,3)4/h6-7H,8-10H2,1-5H3,(H,18,20)(H2,16,17,19). The van der Waals surface area contributed by atoms with Crippen LogP contribution in [0.5, 0.6) is 0 Å². The molecule has 1 rings (SSSR count). The van der Waals surface area contributed by atoms with Crippen molar-refractivity contribution < 1.29 is 9.53 Å². The molecule has 7 heteroatoms. The summed E-state index contributed by atoms with van der Waals surface area (Å²) >= 11 is 1.76. The maximum Gasteiger partial charge on any atom is 0.407 e. The first-order valence-corrected chi connectivity index (χ1v) is 8.08. The number of carbonyl (C=O) groups excluding carboxylic acids is 1. The molecule has 0 saturated heterocycles. The van der Waals surface area contributed by atoms with Crippen molar-refractivity contribution in [3.05, 3.63) is 21.9 Å². The summed E-state index contributed by atoms with van der Waals surface area (Å²) in [5.41, 5.74) is -0.478. The van der Waals surface area contributed by atoms with E-state index in [-0.39, 0.29) is 0 Å². The number of amides is 1. The lowest BCUT2D eigenvalue weighted by atomic mass is 10.2. The van der Waals surface area contributed by atoms with Crippen molar-refractivity contribution in [2.75, 3.05) is 20.1 Å². The molecule has 1 aromatic rings. The highest BCUT2D eigenvalue weighted by molar-refractivity contribution is 7.11. The lowest BCUT2D eigenvalue weighted by Gasteiger charge is -2.19. The molecular formula is C15H26N4O2S. The van der Waals surface area contributed by atoms with Crippen LogP contribution in [0.15, 0.2) is 17.1 Å². The van der Waals surface area contributed by atoms with Gasteiger partial charge in [-0.2, -0.15) is 0 Å². The van der Waals surface area contributed by atoms with E-state index in [4.69, 9.17) is 4.74 Å². The summed E-state index contributed by atoms with van der Waals surface area (Å²) in [6.45, 7) is 9.37. The predicted molar refractivity (Wildman–Crippen MR) is 91.5 cm³/mol. The van der Waals surface area contributed by atoms with Gasteiger partial charge in [0.05, 0.1) is 6.54 Å². The second kappa shape index (κ2) is 8.63. The van der Waals surface area contributed by atoms with E-state index in [2.05, 4.69) is 40.0 Å². The van der Waals surface area contributed by atoms with Crippen LogP contribution >= 0.6 is 11.3 Å². The maximum atomic E-state index is 11.5. The van der Waals surface area contributed by atoms with Gasteiger partial charge >= 0.3 is 6.09 Å². The van der Waals surface area contributed by atoms with Gasteiger partial charge in [0, 0.05) is 29.9 Å². The summed E-state index contributed by atoms with van der Waals surface area (Å²) in [5.74, 6) is 0.706. The highest BCUT2D eigenvalue weighted by atomic mass is 32.1. The smallest absolute Gasteiger partial charge is 0.407 e. The molecule has 0 aliphatic heterocycles. The number of hydrogen-bond acceptors (Lipinski definition) is 4. The van der Waals surface area contributed by atoms with Crippen LogP contribution in [-0.4, -0.2) is 37.8 Å². The zero-order valence-corrected chi connectivity index (χ0v) is 14.8. The van der Waals surface area contributed by atoms with Crippen molar-refractivity contribution in [1.82, 2.24) is 16.0 Å². The number of hydrogen-bond donors (Lipinski definition) is 3. The van der Waals surface area contributed by atoms with Gasteiger partial charge in [-0.3, -0.25) is 4.99 Å². The minimum Gasteiger partial charge on any atom is -0.444 e. The third kappa shape index (κ3) is 7.87. The largest absolute Gasteiger partial charge is 0.444 e. The number of thiophene rings is 1. The molecule has 3 N–H and O–H groups in total. The molecule has 0 atom stereocenters. The Hall–Kier alpha value is -1.76. The number of ether oxygens (including phenoxy) is 1. The van der Waals surface area contributed by atoms with Gasteiger partial charge in [0.1, 0.15) is 5.60 Å². The summed E-state index contributed by atoms with van der Waals surface area (Å²) < 4.78 is 5.16. The van der Waals surface area contributed by atoms with Crippen molar-refractivity contribution >= 4 is 23.4 Å². The van der Waals surface area contributed by atoms with Crippen LogP contribution in [0.3, 0.4) is 0 Å². The van der Waals surface area contributed by atoms with E-state index < -0.39 is 11.7 Å². The quantitative estimate of drug-likeness (QED) is 0.441. The number of guanidine groups is 1. The molecule has 0 aromatic carbocycles. The molecule has 6 nitrogen and oxygen atoms in total. The van der Waals surface area contributed by atoms with Crippen LogP contribution in [0.4, 0.5) is 4.79 Å². The first-order valence-electron chi connectivity index (χ1n) is 7.27. The molecule has 0 aliphatic rings. The fraction of sp³-hybridized carbons (Fsp3) is 0.600. The second-order valence-electron chi connectivity index (χ2n) is 5.79. The van der Waals surface area contributed by atoms with Gasteiger partial charge in [-0.1, -0.05) is 0 Å². The van der Waals surface area contributed by atoms with Crippen molar-refractivity contribution in [2.45, 2.75) is 39.8 Å². The van der Waals surface area contributed by atoms with Gasteiger partial charge in [-0.15, -0.1) is 11.3 Å². The predicted octanol–water partition coefficient (Wildman–Crippen LogP) is 2.25. The Labute approximate surface area is 136 Å². The molecule has 0 aliphatic carbocycles. The Balaban J connectivity index is 2.20. The van der Waals surface area contributed by atoms with E-state index in [1.54, 1.807) is 18.4 Å². The van der Waals surface area contributed by atoms with Crippen molar-refractivity contribution in [3.63, 3.8) is 0 Å². The topological polar surface area (TPSA) is 74.8 Å². The lowest BCUT2D eigenvalue weighted by Crippen LogP contribution is -2.42. The average molecular weight is 326 g/mol. The lowest BCUT2D eigenvalue weighted by molar-refractivity contribution is 0.0529. The number of nitrogens with zero attached hydrogens (tertiary/aromatic N) is 1. The van der Waals surface area contributed by atoms with Crippen molar-refractivity contribution in [1.29, 1.82) is 0 Å². The molecule has 1 amide bonds. The Kier molecular flexibility index (Phi) is 7.17. The van der Waals surface area contributed by atoms with Gasteiger partial charge in [-0.05, 0) is 39.8 Å². The maximum absolute atomic E-state index is 11.5. The number of carbonyl (C=O) groups is 1. The van der Waals surface area contributed by atoms with E-state index in [0.29, 0.717) is 19.0 Å². The third-order valence-electron chi connectivity index (χ3n) is 2.54. The second-order valence-corrected chi connectivity index (χ2v) is 7.17. The normalized spacial score (nSPS) is 12.0. The first-order chi connectivity index (χ1) is 10.3. The molecule has 1 aromatic heterocycles. The molecule has 0 fully saturated rings. The minimum atomic E-state index is -0.478. The Morgan fingerprint density at radius 3 is 2.45 bits per heavy atom. The monoisotopic (exact) mass is 326 g/mol. The van der Waals surface area contributed by atoms with Crippen molar-refractivity contribution in [3.8, 4) is 0 Å². The molecule has 124 valence electrons. The van der Waals surface area contributed by atoms with Crippen LogP contribution in [0.25, 0.3) is 0 Å². The fourth-order valence-electron chi connectivity index (χ4n) is 1.63. The highest BCUT2D eigenvalue weighted by Gasteiger charge is 2.15. The fourth-order valence-corrected chi connectivity index (χ4v) is 2.46. The zero-order chi connectivity index (χ0) is 16.6. The van der Waals surface area contributed by atoms with Crippen LogP contribution in [0, 0.1) is 6.92 Å². The Bertz CT molecular complexity index is 506. The van der Waals surface area contributed by atoms with Crippen molar-refractivity contribution in [2.24, 2.45) is 4.99 Å². The van der Waals surface area contributed by atoms with Gasteiger partial charge < -0.3 is 20.7 Å². The van der Waals surface area contributed by atoms with Crippen LogP contribution < -0.4 is 16.0 Å². The third-order valence-corrected chi connectivity index (χ3v) is 3.54. The molecule has 22 heavy (non-hydrogen) atoms. The first kappa shape index (κ1) is 18.3. The van der Waals surface area contributed by atoms with Gasteiger partial charge in [0.2, 0.25) is 0 Å². The van der Waals surface area contributed by atoms with E-state index in [9.17, 15) is 4.79 Å². The molecule has 0 spiro atoms. The molecule has 0 saturated carbocycles. The number of alkyl carbamates (subject to hydrolysis) is 1. The summed E-state index contributed by atoms with van der Waals surface area (Å²) in [4.78, 5) is 18.2. The van der Waals surface area contributed by atoms with Gasteiger partial charge in [0.25, 0.3) is 0 Å². The summed E-state index contributed by atoms with van der Waals surface area (Å²) in [6, 6.07) is 4.20. The van der Waals surface area contributed by atoms with Crippen LogP contribution in [0.1, 0.15) is 30.5 Å². The summed E-state index contributed by atoms with van der Waals surface area (Å²) in [6.07, 6.45) is -0.411. The van der Waals surface area contributed by atoms with E-state index >= 15 is 0 Å². The number of aryl methyl sites for hydroxylation is 1. The van der Waals surface area contributed by atoms with Crippen LogP contribution in [0.2, 0.25) is 0 Å². The Morgan fingerprint density at radius 2 is 1.91 bits per heavy atom. The molecule has 1 heterocycles. The number of aliphatic imine (C=N–C) groups is 1. The zero-order valence-electron chi connectivity index (χ0n) is 13.9. The molecular weight excluding hydrogens is 300 g/mol. The van der Waals surface area contributed by atoms with Crippen LogP contribution in [-0.2, 0) is 11.3 Å². The summed E-state index contributed by atoms with van der Waals surface area (Å²) in [5, 5.41) is 9.06. The van der Waals surface area contributed by atoms with E-state index in [1.165, 1.54) is 9.75 Å². The van der Waals surface area contributed by atoms with Gasteiger partial charge in [-0.25, -0.2) is 4.79 Å². The van der Waals surface area contributed by atoms with E-state index in [0.717, 1.165) is 6.54 Å². The molecule has 0 unspecified atom stereocenters. The number of nitrogens with one attached hydrogen (secondary N) is 3. The van der Waals surface area contributed by atoms with E-state index in [1.807, 2.05) is 20.8 Å².